The van der Waals surface area contributed by atoms with Crippen molar-refractivity contribution in [2.45, 2.75) is 90.5 Å². The van der Waals surface area contributed by atoms with Gasteiger partial charge in [0.25, 0.3) is 0 Å². The molecule has 0 spiro atoms. The molecule has 4 rings (SSSR count). The van der Waals surface area contributed by atoms with Crippen molar-refractivity contribution in [3.63, 3.8) is 0 Å². The smallest absolute Gasteiger partial charge is 0.185 e. The van der Waals surface area contributed by atoms with Crippen LogP contribution >= 0.6 is 0 Å². The second-order valence-electron chi connectivity index (χ2n) is 11.1. The van der Waals surface area contributed by atoms with Gasteiger partial charge in [0.15, 0.2) is 14.1 Å². The number of carbonyl (C=O) groups is 1. The molecule has 0 aliphatic heterocycles. The number of hydrogen-bond acceptors (Lipinski definition) is 3. The van der Waals surface area contributed by atoms with E-state index in [1.165, 1.54) is 18.4 Å². The third kappa shape index (κ3) is 2.72. The maximum atomic E-state index is 12.0. The maximum absolute atomic E-state index is 12.0. The summed E-state index contributed by atoms with van der Waals surface area (Å²) in [5.74, 6) is 2.27. The molecule has 27 heavy (non-hydrogen) atoms. The first-order valence-electron chi connectivity index (χ1n) is 10.9. The molecule has 0 unspecified atom stereocenters. The van der Waals surface area contributed by atoms with E-state index in [1.807, 2.05) is 6.08 Å². The largest absolute Gasteiger partial charge is 0.399 e. The molecule has 3 fully saturated rings. The highest BCUT2D eigenvalue weighted by Gasteiger charge is 2.66. The number of nitrogens with zero attached hydrogens (tertiary/aromatic N) is 1. The molecule has 0 radical (unpaired) electrons. The average molecular weight is 386 g/mol. The van der Waals surface area contributed by atoms with Crippen LogP contribution in [0, 0.1) is 39.9 Å². The minimum absolute atomic E-state index is 0.0226. The molecule has 148 valence electrons. The summed E-state index contributed by atoms with van der Waals surface area (Å²) in [7, 11) is -1.80. The maximum Gasteiger partial charge on any atom is 0.185 e. The van der Waals surface area contributed by atoms with E-state index in [-0.39, 0.29) is 10.8 Å². The topological polar surface area (TPSA) is 50.1 Å². The predicted octanol–water partition coefficient (Wildman–Crippen LogP) is 5.63. The minimum atomic E-state index is -1.80. The third-order valence-corrected chi connectivity index (χ3v) is 9.70. The summed E-state index contributed by atoms with van der Waals surface area (Å²) in [6.45, 7) is 11.4. The van der Waals surface area contributed by atoms with E-state index in [9.17, 15) is 10.1 Å². The molecular weight excluding hydrogens is 350 g/mol. The summed E-state index contributed by atoms with van der Waals surface area (Å²) < 4.78 is 6.66. The second-order valence-corrected chi connectivity index (χ2v) is 15.5. The van der Waals surface area contributed by atoms with Crippen molar-refractivity contribution in [2.24, 2.45) is 28.6 Å². The van der Waals surface area contributed by atoms with Gasteiger partial charge in [0.1, 0.15) is 5.60 Å². The molecule has 0 heterocycles. The zero-order chi connectivity index (χ0) is 19.7. The zero-order valence-electron chi connectivity index (χ0n) is 17.7. The highest BCUT2D eigenvalue weighted by molar-refractivity contribution is 6.69. The molecule has 0 aromatic carbocycles. The normalized spacial score (nSPS) is 46.7. The Morgan fingerprint density at radius 1 is 1.07 bits per heavy atom. The van der Waals surface area contributed by atoms with Crippen LogP contribution in [0.4, 0.5) is 0 Å². The monoisotopic (exact) mass is 385 g/mol. The summed E-state index contributed by atoms with van der Waals surface area (Å²) in [4.78, 5) is 12.0. The lowest BCUT2D eigenvalue weighted by atomic mass is 9.46. The molecular formula is C23H35NO2Si. The fourth-order valence-corrected chi connectivity index (χ4v) is 8.88. The molecule has 6 atom stereocenters. The van der Waals surface area contributed by atoms with Crippen LogP contribution in [-0.4, -0.2) is 19.7 Å². The van der Waals surface area contributed by atoms with Crippen LogP contribution in [0.5, 0.6) is 0 Å². The summed E-state index contributed by atoms with van der Waals surface area (Å²) in [5.41, 5.74) is 1.01. The van der Waals surface area contributed by atoms with Crippen LogP contribution in [-0.2, 0) is 9.22 Å². The first-order valence-corrected chi connectivity index (χ1v) is 14.3. The van der Waals surface area contributed by atoms with Gasteiger partial charge in [0.2, 0.25) is 0 Å². The van der Waals surface area contributed by atoms with Crippen LogP contribution in [0.1, 0.15) is 65.2 Å². The fourth-order valence-electron chi connectivity index (χ4n) is 7.45. The molecule has 4 heteroatoms. The van der Waals surface area contributed by atoms with Crippen molar-refractivity contribution < 1.29 is 9.22 Å². The van der Waals surface area contributed by atoms with Gasteiger partial charge in [-0.05, 0) is 93.8 Å². The second kappa shape index (κ2) is 6.04. The Bertz CT molecular complexity index is 732. The molecule has 4 aliphatic rings. The van der Waals surface area contributed by atoms with Crippen molar-refractivity contribution in [3.8, 4) is 6.07 Å². The van der Waals surface area contributed by atoms with Gasteiger partial charge in [-0.2, -0.15) is 5.26 Å². The Labute approximate surface area is 165 Å². The molecule has 4 aliphatic carbocycles. The fraction of sp³-hybridized carbons (Fsp3) is 0.826. The Hall–Kier alpha value is -0.923. The number of allylic oxidation sites excluding steroid dienone is 1. The van der Waals surface area contributed by atoms with Gasteiger partial charge >= 0.3 is 0 Å². The molecule has 0 aromatic rings. The summed E-state index contributed by atoms with van der Waals surface area (Å²) in [6, 6.07) is 2.70. The van der Waals surface area contributed by atoms with Gasteiger partial charge in [-0.3, -0.25) is 4.79 Å². The summed E-state index contributed by atoms with van der Waals surface area (Å²) in [6.07, 6.45) is 10.3. The van der Waals surface area contributed by atoms with Crippen LogP contribution in [0.3, 0.4) is 0 Å². The van der Waals surface area contributed by atoms with Crippen LogP contribution < -0.4 is 0 Å². The third-order valence-electron chi connectivity index (χ3n) is 8.74. The molecule has 0 amide bonds. The Morgan fingerprint density at radius 2 is 1.78 bits per heavy atom. The summed E-state index contributed by atoms with van der Waals surface area (Å²) >= 11 is 0. The lowest BCUT2D eigenvalue weighted by Gasteiger charge is -2.59. The first-order chi connectivity index (χ1) is 12.5. The highest BCUT2D eigenvalue weighted by Crippen LogP contribution is 2.68. The van der Waals surface area contributed by atoms with E-state index in [0.29, 0.717) is 30.0 Å². The predicted molar refractivity (Wildman–Crippen MR) is 109 cm³/mol. The van der Waals surface area contributed by atoms with Gasteiger partial charge in [0.05, 0.1) is 6.07 Å². The lowest BCUT2D eigenvalue weighted by molar-refractivity contribution is -0.118. The zero-order valence-corrected chi connectivity index (χ0v) is 18.7. The number of fused-ring (bicyclic) bond motifs is 5. The van der Waals surface area contributed by atoms with Gasteiger partial charge < -0.3 is 4.43 Å². The van der Waals surface area contributed by atoms with Crippen molar-refractivity contribution in [1.29, 1.82) is 5.26 Å². The average Bonchev–Trinajstić information content (AvgIpc) is 2.87. The Balaban J connectivity index is 1.68. The van der Waals surface area contributed by atoms with Crippen molar-refractivity contribution >= 4 is 14.1 Å². The number of nitriles is 1. The van der Waals surface area contributed by atoms with Crippen LogP contribution in [0.2, 0.25) is 19.6 Å². The molecule has 0 N–H and O–H groups in total. The van der Waals surface area contributed by atoms with E-state index in [1.54, 1.807) is 0 Å². The standard InChI is InChI=1S/C23H35NO2Si/c1-21-11-8-17(25)14-16(21)6-7-18-19(21)9-12-22(2)20(18)10-13-23(22,15-24)26-27(3,4)5/h14,18-20H,6-13H2,1-5H3/t18-,19-,20-,21+,22+,23+/m1/s1. The number of rotatable bonds is 2. The number of ketones is 1. The molecule has 3 saturated carbocycles. The van der Waals surface area contributed by atoms with E-state index < -0.39 is 13.9 Å². The Morgan fingerprint density at radius 3 is 2.44 bits per heavy atom. The Kier molecular flexibility index (Phi) is 4.34. The molecule has 3 nitrogen and oxygen atoms in total. The number of hydrogen-bond donors (Lipinski definition) is 0. The summed E-state index contributed by atoms with van der Waals surface area (Å²) in [5, 5.41) is 10.2. The van der Waals surface area contributed by atoms with E-state index in [0.717, 1.165) is 32.1 Å². The van der Waals surface area contributed by atoms with Gasteiger partial charge in [0, 0.05) is 11.8 Å². The highest BCUT2D eigenvalue weighted by atomic mass is 28.4. The van der Waals surface area contributed by atoms with Crippen molar-refractivity contribution in [2.75, 3.05) is 0 Å². The van der Waals surface area contributed by atoms with Gasteiger partial charge in [-0.1, -0.05) is 19.4 Å². The minimum Gasteiger partial charge on any atom is -0.399 e. The van der Waals surface area contributed by atoms with E-state index in [4.69, 9.17) is 4.43 Å². The first kappa shape index (κ1) is 19.4. The van der Waals surface area contributed by atoms with Crippen LogP contribution in [0.25, 0.3) is 0 Å². The SMILES string of the molecule is C[C@]12CCC(=O)C=C1CC[C@@H]1[C@H]2CC[C@@]2(C)[C@@H]1CC[C@@]2(C#N)O[Si](C)(C)C. The van der Waals surface area contributed by atoms with Crippen LogP contribution in [0.15, 0.2) is 11.6 Å². The van der Waals surface area contributed by atoms with Crippen molar-refractivity contribution in [1.82, 2.24) is 0 Å². The quantitative estimate of drug-likeness (QED) is 0.579. The molecule has 0 saturated heterocycles. The molecule has 0 bridgehead atoms. The van der Waals surface area contributed by atoms with Gasteiger partial charge in [-0.25, -0.2) is 0 Å². The van der Waals surface area contributed by atoms with E-state index in [2.05, 4.69) is 39.6 Å². The van der Waals surface area contributed by atoms with Gasteiger partial charge in [-0.15, -0.1) is 0 Å². The van der Waals surface area contributed by atoms with Crippen molar-refractivity contribution in [3.05, 3.63) is 11.6 Å². The lowest BCUT2D eigenvalue weighted by Crippen LogP contribution is -2.57. The number of carbonyl (C=O) groups excluding carboxylic acids is 1. The molecule has 0 aromatic heterocycles. The van der Waals surface area contributed by atoms with E-state index >= 15 is 0 Å².